The molecule has 0 heterocycles. The molecule has 140 valence electrons. The standard InChI is InChI=1S/C20H33N3O2/c1-20(2,3)18(24-5)13-23-19(21-4)22-12-16-8-6-7-9-17(16)25-14-15-10-11-15/h6-9,15,18H,10-14H2,1-5H3,(H2,21,22,23). The number of methoxy groups -OCH3 is 1. The van der Waals surface area contributed by atoms with Crippen LogP contribution in [-0.4, -0.2) is 39.4 Å². The molecule has 1 aromatic rings. The Hall–Kier alpha value is -1.75. The molecule has 25 heavy (non-hydrogen) atoms. The Morgan fingerprint density at radius 2 is 1.96 bits per heavy atom. The number of hydrogen-bond donors (Lipinski definition) is 2. The van der Waals surface area contributed by atoms with Crippen molar-refractivity contribution in [2.45, 2.75) is 46.3 Å². The van der Waals surface area contributed by atoms with Gasteiger partial charge in [-0.25, -0.2) is 0 Å². The smallest absolute Gasteiger partial charge is 0.191 e. The fraction of sp³-hybridized carbons (Fsp3) is 0.650. The van der Waals surface area contributed by atoms with Crippen molar-refractivity contribution in [3.05, 3.63) is 29.8 Å². The Bertz CT molecular complexity index is 562. The van der Waals surface area contributed by atoms with Gasteiger partial charge in [-0.2, -0.15) is 0 Å². The maximum Gasteiger partial charge on any atom is 0.191 e. The first kappa shape index (κ1) is 19.6. The highest BCUT2D eigenvalue weighted by atomic mass is 16.5. The summed E-state index contributed by atoms with van der Waals surface area (Å²) in [6.07, 6.45) is 2.71. The summed E-state index contributed by atoms with van der Waals surface area (Å²) in [4.78, 5) is 4.30. The third-order valence-corrected chi connectivity index (χ3v) is 4.52. The van der Waals surface area contributed by atoms with Gasteiger partial charge in [0, 0.05) is 32.8 Å². The zero-order chi connectivity index (χ0) is 18.3. The minimum atomic E-state index is 0.0733. The molecule has 0 spiro atoms. The van der Waals surface area contributed by atoms with E-state index in [9.17, 15) is 0 Å². The Labute approximate surface area is 152 Å². The zero-order valence-corrected chi connectivity index (χ0v) is 16.3. The summed E-state index contributed by atoms with van der Waals surface area (Å²) in [7, 11) is 3.53. The SMILES string of the molecule is CN=C(NCc1ccccc1OCC1CC1)NCC(OC)C(C)(C)C. The molecule has 0 bridgehead atoms. The molecule has 0 aliphatic heterocycles. The minimum absolute atomic E-state index is 0.0733. The van der Waals surface area contributed by atoms with Gasteiger partial charge >= 0.3 is 0 Å². The van der Waals surface area contributed by atoms with E-state index in [-0.39, 0.29) is 11.5 Å². The molecule has 1 unspecified atom stereocenters. The number of nitrogens with zero attached hydrogens (tertiary/aromatic N) is 1. The number of para-hydroxylation sites is 1. The Balaban J connectivity index is 1.86. The van der Waals surface area contributed by atoms with E-state index in [1.165, 1.54) is 12.8 Å². The molecule has 1 aliphatic carbocycles. The Kier molecular flexibility index (Phi) is 7.12. The second-order valence-corrected chi connectivity index (χ2v) is 7.76. The summed E-state index contributed by atoms with van der Waals surface area (Å²) in [5.41, 5.74) is 1.22. The number of hydrogen-bond acceptors (Lipinski definition) is 3. The van der Waals surface area contributed by atoms with Crippen molar-refractivity contribution in [2.24, 2.45) is 16.3 Å². The molecule has 5 heteroatoms. The first-order valence-corrected chi connectivity index (χ1v) is 9.12. The first-order chi connectivity index (χ1) is 11.9. The fourth-order valence-corrected chi connectivity index (χ4v) is 2.61. The van der Waals surface area contributed by atoms with Crippen LogP contribution >= 0.6 is 0 Å². The van der Waals surface area contributed by atoms with E-state index in [1.54, 1.807) is 14.2 Å². The monoisotopic (exact) mass is 347 g/mol. The molecule has 1 atom stereocenters. The quantitative estimate of drug-likeness (QED) is 0.560. The van der Waals surface area contributed by atoms with Gasteiger partial charge in [-0.3, -0.25) is 4.99 Å². The summed E-state index contributed by atoms with van der Waals surface area (Å²) < 4.78 is 11.6. The van der Waals surface area contributed by atoms with Crippen LogP contribution in [0.5, 0.6) is 5.75 Å². The number of ether oxygens (including phenoxy) is 2. The van der Waals surface area contributed by atoms with Crippen LogP contribution < -0.4 is 15.4 Å². The molecule has 2 N–H and O–H groups in total. The average Bonchev–Trinajstić information content (AvgIpc) is 3.40. The molecule has 1 saturated carbocycles. The number of guanidine groups is 1. The van der Waals surface area contributed by atoms with Crippen molar-refractivity contribution in [3.63, 3.8) is 0 Å². The van der Waals surface area contributed by atoms with Crippen molar-refractivity contribution < 1.29 is 9.47 Å². The first-order valence-electron chi connectivity index (χ1n) is 9.12. The molecule has 1 aromatic carbocycles. The normalized spacial score (nSPS) is 16.4. The second-order valence-electron chi connectivity index (χ2n) is 7.76. The van der Waals surface area contributed by atoms with Crippen LogP contribution in [0.2, 0.25) is 0 Å². The summed E-state index contributed by atoms with van der Waals surface area (Å²) in [5, 5.41) is 6.71. The van der Waals surface area contributed by atoms with Crippen LogP contribution in [0, 0.1) is 11.3 Å². The lowest BCUT2D eigenvalue weighted by Crippen LogP contribution is -2.45. The van der Waals surface area contributed by atoms with Gasteiger partial charge in [0.05, 0.1) is 12.7 Å². The molecule has 2 rings (SSSR count). The highest BCUT2D eigenvalue weighted by Gasteiger charge is 2.24. The summed E-state index contributed by atoms with van der Waals surface area (Å²) in [5.74, 6) is 2.48. The Morgan fingerprint density at radius 3 is 2.56 bits per heavy atom. The van der Waals surface area contributed by atoms with Crippen molar-refractivity contribution in [2.75, 3.05) is 27.3 Å². The van der Waals surface area contributed by atoms with Gasteiger partial charge in [-0.05, 0) is 30.2 Å². The average molecular weight is 348 g/mol. The lowest BCUT2D eigenvalue weighted by Gasteiger charge is -2.30. The maximum absolute atomic E-state index is 5.97. The van der Waals surface area contributed by atoms with Crippen molar-refractivity contribution in [1.82, 2.24) is 10.6 Å². The fourth-order valence-electron chi connectivity index (χ4n) is 2.61. The third-order valence-electron chi connectivity index (χ3n) is 4.52. The lowest BCUT2D eigenvalue weighted by molar-refractivity contribution is 0.0205. The largest absolute Gasteiger partial charge is 0.493 e. The molecule has 0 saturated heterocycles. The highest BCUT2D eigenvalue weighted by Crippen LogP contribution is 2.30. The van der Waals surface area contributed by atoms with E-state index < -0.39 is 0 Å². The molecule has 0 radical (unpaired) electrons. The van der Waals surface area contributed by atoms with Crippen LogP contribution in [0.15, 0.2) is 29.3 Å². The van der Waals surface area contributed by atoms with Crippen molar-refractivity contribution in [3.8, 4) is 5.75 Å². The van der Waals surface area contributed by atoms with Crippen LogP contribution in [0.3, 0.4) is 0 Å². The van der Waals surface area contributed by atoms with E-state index in [4.69, 9.17) is 9.47 Å². The number of benzene rings is 1. The van der Waals surface area contributed by atoms with Crippen LogP contribution in [-0.2, 0) is 11.3 Å². The topological polar surface area (TPSA) is 54.9 Å². The molecule has 0 amide bonds. The Morgan fingerprint density at radius 1 is 1.24 bits per heavy atom. The van der Waals surface area contributed by atoms with Gasteiger partial charge in [0.2, 0.25) is 0 Å². The molecule has 0 aromatic heterocycles. The summed E-state index contributed by atoms with van der Waals surface area (Å²) >= 11 is 0. The van der Waals surface area contributed by atoms with E-state index >= 15 is 0 Å². The van der Waals surface area contributed by atoms with E-state index in [1.807, 2.05) is 18.2 Å². The molecule has 1 aliphatic rings. The molecular weight excluding hydrogens is 314 g/mol. The van der Waals surface area contributed by atoms with Gasteiger partial charge in [0.1, 0.15) is 5.75 Å². The lowest BCUT2D eigenvalue weighted by atomic mass is 9.89. The van der Waals surface area contributed by atoms with Crippen LogP contribution in [0.25, 0.3) is 0 Å². The minimum Gasteiger partial charge on any atom is -0.493 e. The number of aliphatic imine (C=N–C) groups is 1. The van der Waals surface area contributed by atoms with E-state index in [2.05, 4.69) is 42.5 Å². The van der Waals surface area contributed by atoms with Crippen molar-refractivity contribution in [1.29, 1.82) is 0 Å². The van der Waals surface area contributed by atoms with Gasteiger partial charge in [-0.15, -0.1) is 0 Å². The maximum atomic E-state index is 5.97. The van der Waals surface area contributed by atoms with Crippen molar-refractivity contribution >= 4 is 5.96 Å². The van der Waals surface area contributed by atoms with E-state index in [0.29, 0.717) is 13.1 Å². The van der Waals surface area contributed by atoms with Gasteiger partial charge in [-0.1, -0.05) is 39.0 Å². The van der Waals surface area contributed by atoms with Gasteiger partial charge in [0.25, 0.3) is 0 Å². The van der Waals surface area contributed by atoms with Gasteiger partial charge < -0.3 is 20.1 Å². The summed E-state index contributed by atoms with van der Waals surface area (Å²) in [6, 6.07) is 8.19. The number of nitrogens with one attached hydrogen (secondary N) is 2. The zero-order valence-electron chi connectivity index (χ0n) is 16.3. The number of rotatable bonds is 8. The van der Waals surface area contributed by atoms with Crippen LogP contribution in [0.4, 0.5) is 0 Å². The molecular formula is C20H33N3O2. The second kappa shape index (κ2) is 9.09. The predicted molar refractivity (Wildman–Crippen MR) is 103 cm³/mol. The molecule has 1 fully saturated rings. The summed E-state index contributed by atoms with van der Waals surface area (Å²) in [6.45, 7) is 8.73. The van der Waals surface area contributed by atoms with E-state index in [0.717, 1.165) is 29.8 Å². The van der Waals surface area contributed by atoms with Gasteiger partial charge in [0.15, 0.2) is 5.96 Å². The third kappa shape index (κ3) is 6.58. The highest BCUT2D eigenvalue weighted by molar-refractivity contribution is 5.79. The van der Waals surface area contributed by atoms with Crippen LogP contribution in [0.1, 0.15) is 39.2 Å². The predicted octanol–water partition coefficient (Wildman–Crippen LogP) is 3.20. The molecule has 5 nitrogen and oxygen atoms in total.